The molecule has 246 valence electrons. The maximum atomic E-state index is 13.9. The maximum absolute atomic E-state index is 13.9. The van der Waals surface area contributed by atoms with Gasteiger partial charge in [0.15, 0.2) is 6.10 Å². The smallest absolute Gasteiger partial charge is 0.405 e. The molecule has 0 radical (unpaired) electrons. The molecule has 1 heterocycles. The monoisotopic (exact) mass is 648 g/mol. The largest absolute Gasteiger partial charge is 0.458 e. The highest BCUT2D eigenvalue weighted by Gasteiger charge is 2.71. The van der Waals surface area contributed by atoms with Gasteiger partial charge >= 0.3 is 39.2 Å². The van der Waals surface area contributed by atoms with E-state index < -0.39 is 94.1 Å². The van der Waals surface area contributed by atoms with Gasteiger partial charge in [0.2, 0.25) is 0 Å². The van der Waals surface area contributed by atoms with Crippen LogP contribution in [-0.2, 0) is 53.0 Å². The molecule has 1 aliphatic heterocycles. The summed E-state index contributed by atoms with van der Waals surface area (Å²) in [5.41, 5.74) is -0.589. The van der Waals surface area contributed by atoms with Crippen LogP contribution >= 0.6 is 0 Å². The Morgan fingerprint density at radius 3 is 2.41 bits per heavy atom. The summed E-state index contributed by atoms with van der Waals surface area (Å²) in [4.78, 5) is 51.3. The molecule has 6 rings (SSSR count). The first-order chi connectivity index (χ1) is 20.6. The van der Waals surface area contributed by atoms with Crippen LogP contribution in [0.1, 0.15) is 59.3 Å². The van der Waals surface area contributed by atoms with E-state index in [1.165, 1.54) is 12.8 Å². The number of ether oxygens (including phenoxy) is 5. The van der Waals surface area contributed by atoms with Gasteiger partial charge in [-0.15, -0.1) is 0 Å². The normalized spacial score (nSPS) is 40.7. The molecule has 12 unspecified atom stereocenters. The second-order valence-corrected chi connectivity index (χ2v) is 15.2. The van der Waals surface area contributed by atoms with E-state index in [-0.39, 0.29) is 11.8 Å². The molecule has 12 atom stereocenters. The second-order valence-electron chi connectivity index (χ2n) is 13.7. The predicted octanol–water partition coefficient (Wildman–Crippen LogP) is 2.53. The van der Waals surface area contributed by atoms with Crippen molar-refractivity contribution in [3.63, 3.8) is 0 Å². The third kappa shape index (κ3) is 4.83. The average molecular weight is 649 g/mol. The Kier molecular flexibility index (Phi) is 7.79. The van der Waals surface area contributed by atoms with Crippen LogP contribution < -0.4 is 0 Å². The summed E-state index contributed by atoms with van der Waals surface area (Å²) < 4.78 is 84.2. The predicted molar refractivity (Wildman–Crippen MR) is 142 cm³/mol. The van der Waals surface area contributed by atoms with Crippen LogP contribution in [0.4, 0.5) is 8.78 Å². The maximum Gasteiger partial charge on any atom is 0.405 e. The van der Waals surface area contributed by atoms with Gasteiger partial charge in [-0.3, -0.25) is 14.1 Å². The third-order valence-corrected chi connectivity index (χ3v) is 12.5. The summed E-state index contributed by atoms with van der Waals surface area (Å²) in [7, 11) is -5.83. The Balaban J connectivity index is 1.07. The van der Waals surface area contributed by atoms with Crippen LogP contribution in [-0.4, -0.2) is 79.2 Å². The summed E-state index contributed by atoms with van der Waals surface area (Å²) in [5.74, 6) is -3.43. The van der Waals surface area contributed by atoms with E-state index >= 15 is 0 Å². The third-order valence-electron chi connectivity index (χ3n) is 11.4. The Morgan fingerprint density at radius 2 is 1.73 bits per heavy atom. The van der Waals surface area contributed by atoms with Gasteiger partial charge in [-0.05, 0) is 62.7 Å². The van der Waals surface area contributed by atoms with E-state index in [0.29, 0.717) is 37.0 Å². The van der Waals surface area contributed by atoms with Gasteiger partial charge in [0.05, 0.1) is 11.8 Å². The van der Waals surface area contributed by atoms with E-state index in [1.807, 2.05) is 0 Å². The van der Waals surface area contributed by atoms with Crippen LogP contribution in [0.5, 0.6) is 0 Å². The first-order valence-electron chi connectivity index (χ1n) is 15.3. The lowest BCUT2D eigenvalue weighted by atomic mass is 9.68. The standard InChI is InChI=1S/C29H38F2O12S/c1-12(2)28(9-14-7-19(28)16-6-4-5-15(14)16)43-27(35)23-18-8-17-22(23)26(34)42-25(17)24(18)41-21(33)11-39-10-20(32)40-13(3)29(30,31)44(36,37)38/h12-19,22-25H,4-11H2,1-3H3,(H,36,37,38). The minimum atomic E-state index is -5.83. The summed E-state index contributed by atoms with van der Waals surface area (Å²) in [6, 6.07) is 0. The number of carbonyl (C=O) groups excluding carboxylic acids is 4. The highest BCUT2D eigenvalue weighted by Crippen LogP contribution is 2.66. The lowest BCUT2D eigenvalue weighted by Gasteiger charge is -2.46. The molecule has 6 fully saturated rings. The van der Waals surface area contributed by atoms with Gasteiger partial charge in [-0.2, -0.15) is 17.2 Å². The number of rotatable bonds is 11. The number of hydrogen-bond acceptors (Lipinski definition) is 11. The SMILES string of the molecule is CC(C)C1(OC(=O)C2C3CC4C(OC(=O)C42)C3OC(=O)COCC(=O)OC(C)C(F)(F)S(=O)(=O)O)CC2CC1C1CCCC21. The van der Waals surface area contributed by atoms with Crippen molar-refractivity contribution < 1.29 is 64.6 Å². The Morgan fingerprint density at radius 1 is 1.05 bits per heavy atom. The quantitative estimate of drug-likeness (QED) is 0.198. The van der Waals surface area contributed by atoms with Crippen molar-refractivity contribution in [3.8, 4) is 0 Å². The summed E-state index contributed by atoms with van der Waals surface area (Å²) >= 11 is 0. The Hall–Kier alpha value is -2.39. The summed E-state index contributed by atoms with van der Waals surface area (Å²) in [5, 5.41) is -4.75. The molecule has 12 nitrogen and oxygen atoms in total. The number of halogens is 2. The number of fused-ring (bicyclic) bond motifs is 6. The van der Waals surface area contributed by atoms with Crippen molar-refractivity contribution in [3.05, 3.63) is 0 Å². The molecular formula is C29H38F2O12S. The fourth-order valence-electron chi connectivity index (χ4n) is 9.67. The van der Waals surface area contributed by atoms with Gasteiger partial charge in [-0.25, -0.2) is 9.59 Å². The summed E-state index contributed by atoms with van der Waals surface area (Å²) in [6.07, 6.45) is 1.74. The molecule has 4 bridgehead atoms. The highest BCUT2D eigenvalue weighted by atomic mass is 32.2. The molecule has 1 saturated heterocycles. The van der Waals surface area contributed by atoms with Gasteiger partial charge < -0.3 is 23.7 Å². The average Bonchev–Trinajstić information content (AvgIpc) is 3.74. The Bertz CT molecular complexity index is 1340. The van der Waals surface area contributed by atoms with Crippen LogP contribution in [0.15, 0.2) is 0 Å². The van der Waals surface area contributed by atoms with Crippen molar-refractivity contribution in [1.82, 2.24) is 0 Å². The molecule has 5 aliphatic carbocycles. The minimum absolute atomic E-state index is 0.101. The molecule has 44 heavy (non-hydrogen) atoms. The first kappa shape index (κ1) is 31.6. The van der Waals surface area contributed by atoms with Crippen molar-refractivity contribution in [2.45, 2.75) is 88.5 Å². The van der Waals surface area contributed by atoms with E-state index in [2.05, 4.69) is 18.6 Å². The van der Waals surface area contributed by atoms with Gasteiger partial charge in [-0.1, -0.05) is 20.3 Å². The van der Waals surface area contributed by atoms with E-state index in [4.69, 9.17) is 23.5 Å². The van der Waals surface area contributed by atoms with Gasteiger partial charge in [0.25, 0.3) is 0 Å². The Labute approximate surface area is 253 Å². The minimum Gasteiger partial charge on any atom is -0.458 e. The van der Waals surface area contributed by atoms with Crippen LogP contribution in [0.25, 0.3) is 0 Å². The number of esters is 4. The lowest BCUT2D eigenvalue weighted by Crippen LogP contribution is -2.52. The molecule has 6 aliphatic rings. The molecule has 0 spiro atoms. The zero-order valence-electron chi connectivity index (χ0n) is 24.7. The number of alkyl halides is 2. The molecule has 0 aromatic heterocycles. The zero-order chi connectivity index (χ0) is 31.9. The number of carbonyl (C=O) groups is 4. The summed E-state index contributed by atoms with van der Waals surface area (Å²) in [6.45, 7) is 2.94. The van der Waals surface area contributed by atoms with E-state index in [9.17, 15) is 36.4 Å². The second kappa shape index (κ2) is 10.9. The molecule has 5 saturated carbocycles. The molecule has 15 heteroatoms. The van der Waals surface area contributed by atoms with E-state index in [1.54, 1.807) is 0 Å². The number of hydrogen-bond donors (Lipinski definition) is 1. The van der Waals surface area contributed by atoms with Gasteiger partial charge in [0, 0.05) is 17.8 Å². The van der Waals surface area contributed by atoms with Crippen molar-refractivity contribution in [2.24, 2.45) is 53.3 Å². The van der Waals surface area contributed by atoms with Crippen molar-refractivity contribution in [1.29, 1.82) is 0 Å². The van der Waals surface area contributed by atoms with Crippen LogP contribution in [0.2, 0.25) is 0 Å². The fourth-order valence-corrected chi connectivity index (χ4v) is 10.1. The zero-order valence-corrected chi connectivity index (χ0v) is 25.5. The van der Waals surface area contributed by atoms with Crippen molar-refractivity contribution in [2.75, 3.05) is 13.2 Å². The molecule has 0 amide bonds. The molecular weight excluding hydrogens is 610 g/mol. The molecule has 0 aromatic rings. The fraction of sp³-hybridized carbons (Fsp3) is 0.862. The van der Waals surface area contributed by atoms with Crippen molar-refractivity contribution >= 4 is 34.0 Å². The van der Waals surface area contributed by atoms with E-state index in [0.717, 1.165) is 19.3 Å². The highest BCUT2D eigenvalue weighted by molar-refractivity contribution is 7.86. The molecule has 1 N–H and O–H groups in total. The lowest BCUT2D eigenvalue weighted by molar-refractivity contribution is -0.190. The van der Waals surface area contributed by atoms with Crippen LogP contribution in [0, 0.1) is 53.3 Å². The topological polar surface area (TPSA) is 169 Å². The first-order valence-corrected chi connectivity index (χ1v) is 16.8. The van der Waals surface area contributed by atoms with Crippen LogP contribution in [0.3, 0.4) is 0 Å². The van der Waals surface area contributed by atoms with Gasteiger partial charge in [0.1, 0.15) is 31.0 Å². The molecule has 0 aromatic carbocycles.